The summed E-state index contributed by atoms with van der Waals surface area (Å²) in [7, 11) is 0. The molecular weight excluding hydrogens is 388 g/mol. The minimum atomic E-state index is -0.485. The number of hydrogen-bond donors (Lipinski definition) is 3. The second-order valence-electron chi connectivity index (χ2n) is 9.66. The normalized spacial score (nSPS) is 21.4. The highest BCUT2D eigenvalue weighted by molar-refractivity contribution is 5.76. The van der Waals surface area contributed by atoms with Gasteiger partial charge in [0.25, 0.3) is 0 Å². The van der Waals surface area contributed by atoms with Gasteiger partial charge in [0.2, 0.25) is 5.91 Å². The van der Waals surface area contributed by atoms with Gasteiger partial charge in [-0.25, -0.2) is 9.59 Å². The lowest BCUT2D eigenvalue weighted by Gasteiger charge is -2.22. The quantitative estimate of drug-likeness (QED) is 0.637. The highest BCUT2D eigenvalue weighted by Crippen LogP contribution is 2.12. The van der Waals surface area contributed by atoms with Crippen molar-refractivity contribution >= 4 is 18.1 Å². The molecule has 2 heterocycles. The molecule has 0 aromatic rings. The number of carbonyl (C=O) groups excluding carboxylic acids is 3. The van der Waals surface area contributed by atoms with E-state index in [1.54, 1.807) is 4.90 Å². The van der Waals surface area contributed by atoms with Crippen molar-refractivity contribution in [3.05, 3.63) is 0 Å². The summed E-state index contributed by atoms with van der Waals surface area (Å²) < 4.78 is 10.3. The first-order valence-corrected chi connectivity index (χ1v) is 10.8. The number of rotatable bonds is 3. The maximum atomic E-state index is 11.5. The second kappa shape index (κ2) is 11.4. The monoisotopic (exact) mass is 428 g/mol. The molecule has 30 heavy (non-hydrogen) atoms. The molecule has 0 aliphatic carbocycles. The van der Waals surface area contributed by atoms with E-state index in [0.29, 0.717) is 19.5 Å². The summed E-state index contributed by atoms with van der Waals surface area (Å²) in [5.41, 5.74) is -0.891. The van der Waals surface area contributed by atoms with E-state index in [1.807, 2.05) is 48.5 Å². The maximum absolute atomic E-state index is 11.5. The largest absolute Gasteiger partial charge is 0.444 e. The summed E-state index contributed by atoms with van der Waals surface area (Å²) >= 11 is 0. The smallest absolute Gasteiger partial charge is 0.407 e. The molecule has 0 saturated carbocycles. The van der Waals surface area contributed by atoms with Crippen molar-refractivity contribution in [2.45, 2.75) is 91.0 Å². The van der Waals surface area contributed by atoms with Crippen molar-refractivity contribution in [3.8, 4) is 0 Å². The molecule has 2 aliphatic rings. The number of ether oxygens (including phenoxy) is 2. The molecule has 2 fully saturated rings. The number of likely N-dealkylation sites (tertiary alicyclic amines) is 1. The van der Waals surface area contributed by atoms with Crippen LogP contribution in [0.2, 0.25) is 0 Å². The fraction of sp³-hybridized carbons (Fsp3) is 0.857. The molecule has 174 valence electrons. The number of hydrogen-bond acceptors (Lipinski definition) is 6. The zero-order valence-electron chi connectivity index (χ0n) is 19.6. The third kappa shape index (κ3) is 11.2. The minimum absolute atomic E-state index is 0.0142. The van der Waals surface area contributed by atoms with Crippen LogP contribution < -0.4 is 16.0 Å². The van der Waals surface area contributed by atoms with Gasteiger partial charge >= 0.3 is 12.2 Å². The highest BCUT2D eigenvalue weighted by Gasteiger charge is 2.28. The Hall–Kier alpha value is -2.03. The van der Waals surface area contributed by atoms with Crippen molar-refractivity contribution in [2.24, 2.45) is 0 Å². The summed E-state index contributed by atoms with van der Waals surface area (Å²) in [6.07, 6.45) is 1.57. The molecule has 0 aromatic carbocycles. The first-order chi connectivity index (χ1) is 13.8. The van der Waals surface area contributed by atoms with E-state index >= 15 is 0 Å². The van der Waals surface area contributed by atoms with E-state index < -0.39 is 17.3 Å². The number of carbonyl (C=O) groups is 3. The highest BCUT2D eigenvalue weighted by atomic mass is 16.6. The Balaban J connectivity index is 0.000000311. The fourth-order valence-electron chi connectivity index (χ4n) is 3.05. The van der Waals surface area contributed by atoms with Gasteiger partial charge in [0.1, 0.15) is 11.2 Å². The van der Waals surface area contributed by atoms with Crippen molar-refractivity contribution in [1.29, 1.82) is 0 Å². The zero-order chi connectivity index (χ0) is 22.9. The van der Waals surface area contributed by atoms with Crippen LogP contribution >= 0.6 is 0 Å². The van der Waals surface area contributed by atoms with Crippen molar-refractivity contribution in [1.82, 2.24) is 20.9 Å². The van der Waals surface area contributed by atoms with Crippen LogP contribution in [0, 0.1) is 0 Å². The number of amides is 3. The van der Waals surface area contributed by atoms with Crippen molar-refractivity contribution in [3.63, 3.8) is 0 Å². The average Bonchev–Trinajstić information content (AvgIpc) is 3.23. The SMILES string of the molecule is CC(C)(C)OC(=O)NC1CCNC1.CCC(=O)N1CCC(NC(=O)OC(C)(C)C)C1. The van der Waals surface area contributed by atoms with Gasteiger partial charge in [-0.05, 0) is 60.9 Å². The Morgan fingerprint density at radius 3 is 1.90 bits per heavy atom. The minimum Gasteiger partial charge on any atom is -0.444 e. The molecule has 9 heteroatoms. The Kier molecular flexibility index (Phi) is 9.87. The van der Waals surface area contributed by atoms with Crippen LogP contribution in [-0.2, 0) is 14.3 Å². The standard InChI is InChI=1S/C12H22N2O3.C9H18N2O2/c1-5-10(15)14-7-6-9(8-14)13-11(16)17-12(2,3)4;1-9(2,3)13-8(12)11-7-4-5-10-6-7/h9H,5-8H2,1-4H3,(H,13,16);7,10H,4-6H2,1-3H3,(H,11,12). The Bertz CT molecular complexity index is 577. The van der Waals surface area contributed by atoms with E-state index in [0.717, 1.165) is 25.9 Å². The number of alkyl carbamates (subject to hydrolysis) is 2. The van der Waals surface area contributed by atoms with Gasteiger partial charge in [-0.3, -0.25) is 4.79 Å². The molecule has 9 nitrogen and oxygen atoms in total. The molecule has 3 amide bonds. The first kappa shape index (κ1) is 26.0. The lowest BCUT2D eigenvalue weighted by Crippen LogP contribution is -2.41. The molecule has 2 unspecified atom stereocenters. The van der Waals surface area contributed by atoms with Gasteiger partial charge in [-0.1, -0.05) is 6.92 Å². The van der Waals surface area contributed by atoms with Crippen LogP contribution in [0.15, 0.2) is 0 Å². The topological polar surface area (TPSA) is 109 Å². The molecule has 0 aromatic heterocycles. The molecule has 0 spiro atoms. The van der Waals surface area contributed by atoms with E-state index in [1.165, 1.54) is 0 Å². The van der Waals surface area contributed by atoms with E-state index in [-0.39, 0.29) is 24.1 Å². The van der Waals surface area contributed by atoms with E-state index in [4.69, 9.17) is 9.47 Å². The van der Waals surface area contributed by atoms with Gasteiger partial charge in [-0.2, -0.15) is 0 Å². The van der Waals surface area contributed by atoms with Gasteiger partial charge in [0.05, 0.1) is 6.04 Å². The maximum Gasteiger partial charge on any atom is 0.407 e. The van der Waals surface area contributed by atoms with E-state index in [9.17, 15) is 14.4 Å². The molecule has 2 rings (SSSR count). The van der Waals surface area contributed by atoms with Crippen molar-refractivity contribution in [2.75, 3.05) is 26.2 Å². The van der Waals surface area contributed by atoms with Crippen molar-refractivity contribution < 1.29 is 23.9 Å². The third-order valence-corrected chi connectivity index (χ3v) is 4.35. The average molecular weight is 429 g/mol. The molecule has 3 N–H and O–H groups in total. The zero-order valence-corrected chi connectivity index (χ0v) is 19.6. The summed E-state index contributed by atoms with van der Waals surface area (Å²) in [5.74, 6) is 0.137. The Morgan fingerprint density at radius 2 is 1.47 bits per heavy atom. The van der Waals surface area contributed by atoms with Crippen LogP contribution in [0.25, 0.3) is 0 Å². The third-order valence-electron chi connectivity index (χ3n) is 4.35. The lowest BCUT2D eigenvalue weighted by atomic mass is 10.2. The van der Waals surface area contributed by atoms with Gasteiger partial charge in [0, 0.05) is 32.1 Å². The van der Waals surface area contributed by atoms with Gasteiger partial charge in [0.15, 0.2) is 0 Å². The second-order valence-corrected chi connectivity index (χ2v) is 9.66. The van der Waals surface area contributed by atoms with Gasteiger partial charge in [-0.15, -0.1) is 0 Å². The predicted octanol–water partition coefficient (Wildman–Crippen LogP) is 2.40. The van der Waals surface area contributed by atoms with Crippen LogP contribution in [0.4, 0.5) is 9.59 Å². The predicted molar refractivity (Wildman–Crippen MR) is 115 cm³/mol. The molecule has 2 aliphatic heterocycles. The lowest BCUT2D eigenvalue weighted by molar-refractivity contribution is -0.129. The number of nitrogens with one attached hydrogen (secondary N) is 3. The van der Waals surface area contributed by atoms with Crippen LogP contribution in [0.5, 0.6) is 0 Å². The van der Waals surface area contributed by atoms with E-state index in [2.05, 4.69) is 16.0 Å². The fourth-order valence-corrected chi connectivity index (χ4v) is 3.05. The molecular formula is C21H40N4O5. The molecule has 2 saturated heterocycles. The number of nitrogens with zero attached hydrogens (tertiary/aromatic N) is 1. The van der Waals surface area contributed by atoms with Crippen LogP contribution in [-0.4, -0.2) is 72.5 Å². The first-order valence-electron chi connectivity index (χ1n) is 10.8. The van der Waals surface area contributed by atoms with Crippen LogP contribution in [0.1, 0.15) is 67.7 Å². The molecule has 0 radical (unpaired) electrons. The molecule has 2 atom stereocenters. The molecule has 0 bridgehead atoms. The van der Waals surface area contributed by atoms with Crippen LogP contribution in [0.3, 0.4) is 0 Å². The summed E-state index contributed by atoms with van der Waals surface area (Å²) in [4.78, 5) is 36.0. The summed E-state index contributed by atoms with van der Waals surface area (Å²) in [5, 5.41) is 8.77. The Labute approximate surface area is 180 Å². The Morgan fingerprint density at radius 1 is 0.933 bits per heavy atom. The summed E-state index contributed by atoms with van der Waals surface area (Å²) in [6, 6.07) is 0.246. The summed E-state index contributed by atoms with van der Waals surface area (Å²) in [6.45, 7) is 16.0. The van der Waals surface area contributed by atoms with Gasteiger partial charge < -0.3 is 30.3 Å².